The number of aliphatic hydroxyl groups is 2. The van der Waals surface area contributed by atoms with Crippen LogP contribution >= 0.6 is 7.82 Å². The Morgan fingerprint density at radius 3 is 2.00 bits per heavy atom. The number of quaternary nitrogens is 1. The molecule has 0 spiro atoms. The molecule has 13 heteroatoms. The van der Waals surface area contributed by atoms with E-state index in [1.54, 1.807) is 12.2 Å². The van der Waals surface area contributed by atoms with E-state index in [2.05, 4.69) is 50.3 Å². The highest BCUT2D eigenvalue weighted by atomic mass is 31.2. The standard InChI is InChI=1S/C48H84NO11P/c1-6-8-10-11-12-13-14-15-16-17-18-19-20-21-22-23-29-33-48(54)60-42(40-59-61(55,56)58-37-36-49(3,4)5)39-57-47(53)32-28-25-24-27-31-43-44(46(52)38-45(43)51)35-34-41(50)30-26-9-7-2/h12-13,15-16,18-19,34-35,41-45,50-51H,6-11,14,17,20-33,36-40H2,1-5H3/b13-12-,16-15-,19-18-,35-34+/t41-,42+,43+,44+,45-/m0/s1. The fraction of sp³-hybridized carbons (Fsp3) is 0.771. The molecule has 12 nitrogen and oxygen atoms in total. The second-order valence-electron chi connectivity index (χ2n) is 17.5. The van der Waals surface area contributed by atoms with E-state index in [9.17, 15) is 34.1 Å². The first-order valence-corrected chi connectivity index (χ1v) is 24.9. The van der Waals surface area contributed by atoms with Gasteiger partial charge in [-0.1, -0.05) is 127 Å². The minimum Gasteiger partial charge on any atom is -0.756 e. The summed E-state index contributed by atoms with van der Waals surface area (Å²) in [6.07, 6.45) is 33.2. The molecule has 352 valence electrons. The van der Waals surface area contributed by atoms with Crippen LogP contribution in [0.4, 0.5) is 0 Å². The molecule has 1 fully saturated rings. The van der Waals surface area contributed by atoms with Gasteiger partial charge in [-0.05, 0) is 70.1 Å². The summed E-state index contributed by atoms with van der Waals surface area (Å²) >= 11 is 0. The van der Waals surface area contributed by atoms with Crippen LogP contribution in [0, 0.1) is 11.8 Å². The number of carbonyl (C=O) groups excluding carboxylic acids is 3. The highest BCUT2D eigenvalue weighted by Gasteiger charge is 2.39. The number of carbonyl (C=O) groups is 3. The number of Topliss-reactive ketones (excluding diaryl/α,β-unsaturated/α-hetero) is 1. The quantitative estimate of drug-likeness (QED) is 0.0199. The normalized spacial score (nSPS) is 19.4. The topological polar surface area (TPSA) is 169 Å². The first-order chi connectivity index (χ1) is 29.2. The number of ether oxygens (including phenoxy) is 2. The van der Waals surface area contributed by atoms with Gasteiger partial charge in [0.1, 0.15) is 25.5 Å². The van der Waals surface area contributed by atoms with Crippen LogP contribution in [0.3, 0.4) is 0 Å². The van der Waals surface area contributed by atoms with Gasteiger partial charge in [-0.15, -0.1) is 0 Å². The van der Waals surface area contributed by atoms with Crippen LogP contribution in [0.25, 0.3) is 0 Å². The van der Waals surface area contributed by atoms with Gasteiger partial charge < -0.3 is 38.1 Å². The molecule has 0 aromatic carbocycles. The van der Waals surface area contributed by atoms with Crippen molar-refractivity contribution in [3.05, 3.63) is 48.6 Å². The Morgan fingerprint density at radius 2 is 1.36 bits per heavy atom. The minimum absolute atomic E-state index is 0.00219. The Bertz CT molecular complexity index is 1340. The molecule has 0 aromatic heterocycles. The molecular formula is C48H84NO11P. The van der Waals surface area contributed by atoms with E-state index in [4.69, 9.17) is 18.5 Å². The van der Waals surface area contributed by atoms with Crippen LogP contribution in [-0.2, 0) is 37.5 Å². The molecule has 0 bridgehead atoms. The number of ketones is 1. The van der Waals surface area contributed by atoms with Crippen molar-refractivity contribution in [2.75, 3.05) is 47.5 Å². The van der Waals surface area contributed by atoms with Crippen molar-refractivity contribution in [3.63, 3.8) is 0 Å². The number of esters is 2. The molecule has 0 amide bonds. The Kier molecular flexibility index (Phi) is 32.4. The lowest BCUT2D eigenvalue weighted by molar-refractivity contribution is -0.870. The van der Waals surface area contributed by atoms with Crippen LogP contribution in [0.15, 0.2) is 48.6 Å². The summed E-state index contributed by atoms with van der Waals surface area (Å²) < 4.78 is 33.9. The van der Waals surface area contributed by atoms with Crippen molar-refractivity contribution in [1.82, 2.24) is 0 Å². The molecule has 1 aliphatic carbocycles. The van der Waals surface area contributed by atoms with Crippen LogP contribution in [0.1, 0.15) is 162 Å². The number of hydrogen-bond acceptors (Lipinski definition) is 11. The number of unbranched alkanes of at least 4 members (excludes halogenated alkanes) is 12. The average Bonchev–Trinajstić information content (AvgIpc) is 3.47. The number of rotatable bonds is 38. The number of likely N-dealkylation sites (N-methyl/N-ethyl adjacent to an activating group) is 1. The van der Waals surface area contributed by atoms with E-state index in [0.29, 0.717) is 36.7 Å². The fourth-order valence-electron chi connectivity index (χ4n) is 6.98. The predicted octanol–water partition coefficient (Wildman–Crippen LogP) is 9.42. The van der Waals surface area contributed by atoms with Crippen LogP contribution < -0.4 is 4.89 Å². The van der Waals surface area contributed by atoms with Crippen molar-refractivity contribution in [2.45, 2.75) is 180 Å². The second-order valence-corrected chi connectivity index (χ2v) is 19.0. The van der Waals surface area contributed by atoms with Crippen molar-refractivity contribution in [1.29, 1.82) is 0 Å². The van der Waals surface area contributed by atoms with Crippen molar-refractivity contribution < 1.29 is 57.1 Å². The number of nitrogens with zero attached hydrogens (tertiary/aromatic N) is 1. The summed E-state index contributed by atoms with van der Waals surface area (Å²) in [7, 11) is 1.01. The lowest BCUT2D eigenvalue weighted by atomic mass is 9.88. The summed E-state index contributed by atoms with van der Waals surface area (Å²) in [6, 6.07) is 0. The van der Waals surface area contributed by atoms with Gasteiger partial charge in [-0.25, -0.2) is 0 Å². The first kappa shape index (κ1) is 56.6. The number of phosphoric acid groups is 1. The molecule has 1 unspecified atom stereocenters. The van der Waals surface area contributed by atoms with Crippen molar-refractivity contribution in [2.24, 2.45) is 11.8 Å². The molecule has 0 aromatic rings. The van der Waals surface area contributed by atoms with Gasteiger partial charge in [0, 0.05) is 25.2 Å². The third kappa shape index (κ3) is 32.0. The maximum atomic E-state index is 12.7. The molecule has 61 heavy (non-hydrogen) atoms. The minimum atomic E-state index is -4.69. The number of allylic oxidation sites excluding steroid dienone is 7. The zero-order valence-corrected chi connectivity index (χ0v) is 39.5. The van der Waals surface area contributed by atoms with E-state index in [0.717, 1.165) is 83.5 Å². The van der Waals surface area contributed by atoms with Gasteiger partial charge in [-0.2, -0.15) is 0 Å². The van der Waals surface area contributed by atoms with E-state index in [1.165, 1.54) is 19.3 Å². The molecule has 1 aliphatic rings. The largest absolute Gasteiger partial charge is 0.756 e. The third-order valence-corrected chi connectivity index (χ3v) is 11.7. The maximum Gasteiger partial charge on any atom is 0.306 e. The lowest BCUT2D eigenvalue weighted by Crippen LogP contribution is -2.37. The Hall–Kier alpha value is -2.44. The third-order valence-electron chi connectivity index (χ3n) is 10.7. The Morgan fingerprint density at radius 1 is 0.787 bits per heavy atom. The van der Waals surface area contributed by atoms with E-state index in [1.807, 2.05) is 21.1 Å². The van der Waals surface area contributed by atoms with Gasteiger partial charge in [0.15, 0.2) is 6.10 Å². The molecule has 0 radical (unpaired) electrons. The summed E-state index contributed by atoms with van der Waals surface area (Å²) in [5, 5.41) is 20.8. The molecule has 0 heterocycles. The molecule has 1 rings (SSSR count). The molecule has 0 aliphatic heterocycles. The van der Waals surface area contributed by atoms with Gasteiger partial charge >= 0.3 is 11.9 Å². The van der Waals surface area contributed by atoms with E-state index < -0.39 is 50.6 Å². The molecule has 1 saturated carbocycles. The predicted molar refractivity (Wildman–Crippen MR) is 241 cm³/mol. The molecule has 0 saturated heterocycles. The second kappa shape index (κ2) is 35.0. The first-order valence-electron chi connectivity index (χ1n) is 23.4. The highest BCUT2D eigenvalue weighted by Crippen LogP contribution is 2.38. The Labute approximate surface area is 369 Å². The summed E-state index contributed by atoms with van der Waals surface area (Å²) in [4.78, 5) is 50.4. The SMILES string of the molecule is CCCCC/C=C\C/C=C\C/C=C\CCCCCCC(=O)O[C@H](COC(=O)CCCCCC[C@H]1[C@@H](O)CC(=O)[C@@H]1/C=C/[C@@H](O)CCCCC)COP(=O)([O-])OCC[N+](C)(C)C. The van der Waals surface area contributed by atoms with Gasteiger partial charge in [0.25, 0.3) is 7.82 Å². The molecular weight excluding hydrogens is 797 g/mol. The maximum absolute atomic E-state index is 12.7. The van der Waals surface area contributed by atoms with Gasteiger partial charge in [0.05, 0.1) is 40.0 Å². The van der Waals surface area contributed by atoms with E-state index >= 15 is 0 Å². The summed E-state index contributed by atoms with van der Waals surface area (Å²) in [6.45, 7) is 3.79. The fourth-order valence-corrected chi connectivity index (χ4v) is 7.71. The Balaban J connectivity index is 2.47. The number of aliphatic hydroxyl groups excluding tert-OH is 2. The average molecular weight is 882 g/mol. The van der Waals surface area contributed by atoms with Crippen molar-refractivity contribution >= 4 is 25.5 Å². The molecule has 6 atom stereocenters. The summed E-state index contributed by atoms with van der Waals surface area (Å²) in [5.74, 6) is -1.60. The lowest BCUT2D eigenvalue weighted by Gasteiger charge is -2.28. The monoisotopic (exact) mass is 882 g/mol. The van der Waals surface area contributed by atoms with Crippen LogP contribution in [-0.4, -0.2) is 98.2 Å². The van der Waals surface area contributed by atoms with E-state index in [-0.39, 0.29) is 44.2 Å². The number of hydrogen-bond donors (Lipinski definition) is 2. The summed E-state index contributed by atoms with van der Waals surface area (Å²) in [5.41, 5.74) is 0. The number of phosphoric ester groups is 1. The van der Waals surface area contributed by atoms with Crippen molar-refractivity contribution in [3.8, 4) is 0 Å². The molecule has 2 N–H and O–H groups in total. The highest BCUT2D eigenvalue weighted by molar-refractivity contribution is 7.45. The smallest absolute Gasteiger partial charge is 0.306 e. The van der Waals surface area contributed by atoms with Crippen LogP contribution in [0.2, 0.25) is 0 Å². The zero-order valence-electron chi connectivity index (χ0n) is 38.6. The van der Waals surface area contributed by atoms with Gasteiger partial charge in [0.2, 0.25) is 0 Å². The van der Waals surface area contributed by atoms with Crippen LogP contribution in [0.5, 0.6) is 0 Å². The zero-order chi connectivity index (χ0) is 45.2. The van der Waals surface area contributed by atoms with Gasteiger partial charge in [-0.3, -0.25) is 18.9 Å².